The number of hydrogen-bond donors (Lipinski definition) is 0. The summed E-state index contributed by atoms with van der Waals surface area (Å²) in [5.41, 5.74) is 7.50. The van der Waals surface area contributed by atoms with Gasteiger partial charge in [-0.3, -0.25) is 0 Å². The average molecular weight is 291 g/mol. The molecule has 6 rings (SSSR count). The zero-order chi connectivity index (χ0) is 15.0. The van der Waals surface area contributed by atoms with E-state index in [0.717, 1.165) is 12.8 Å². The van der Waals surface area contributed by atoms with Crippen molar-refractivity contribution in [3.05, 3.63) is 100 Å². The number of rotatable bonds is 0. The molecule has 4 aromatic rings. The molecule has 23 heavy (non-hydrogen) atoms. The molecule has 0 unspecified atom stereocenters. The third kappa shape index (κ3) is 1.39. The Labute approximate surface area is 135 Å². The van der Waals surface area contributed by atoms with Gasteiger partial charge < -0.3 is 0 Å². The van der Waals surface area contributed by atoms with Gasteiger partial charge in [0.15, 0.2) is 0 Å². The summed E-state index contributed by atoms with van der Waals surface area (Å²) in [5.74, 6) is 1.54. The molecule has 0 nitrogen and oxygen atoms in total. The molecule has 0 heterocycles. The Kier molecular flexibility index (Phi) is 2.03. The fraction of sp³-hybridized carbons (Fsp3) is 0.0870. The molecule has 0 fully saturated rings. The van der Waals surface area contributed by atoms with Crippen LogP contribution >= 0.6 is 0 Å². The molecule has 0 saturated carbocycles. The van der Waals surface area contributed by atoms with Gasteiger partial charge in [-0.15, -0.1) is 0 Å². The Balaban J connectivity index is 1.78. The smallest absolute Gasteiger partial charge is 0.0616 e. The summed E-state index contributed by atoms with van der Waals surface area (Å²) >= 11 is 0. The van der Waals surface area contributed by atoms with Gasteiger partial charge in [0.25, 0.3) is 0 Å². The molecule has 0 atom stereocenters. The third-order valence-electron chi connectivity index (χ3n) is 5.60. The molecule has 0 radical (unpaired) electrons. The lowest BCUT2D eigenvalue weighted by atomic mass is 9.79. The number of hydrogen-bond acceptors (Lipinski definition) is 0. The molecule has 106 valence electrons. The van der Waals surface area contributed by atoms with E-state index in [-0.39, 0.29) is 0 Å². The minimum absolute atomic E-state index is 1.07. The molecule has 2 aliphatic carbocycles. The molecule has 0 amide bonds. The summed E-state index contributed by atoms with van der Waals surface area (Å²) in [6.45, 7) is 0. The van der Waals surface area contributed by atoms with Crippen LogP contribution in [0.1, 0.15) is 27.8 Å². The summed E-state index contributed by atoms with van der Waals surface area (Å²) in [5, 5.41) is 5.69. The predicted molar refractivity (Wildman–Crippen MR) is 95.9 cm³/mol. The van der Waals surface area contributed by atoms with Crippen molar-refractivity contribution in [3.63, 3.8) is 0 Å². The average Bonchev–Trinajstić information content (AvgIpc) is 3.01. The monoisotopic (exact) mass is 291 g/mol. The van der Waals surface area contributed by atoms with Crippen LogP contribution in [0.3, 0.4) is 0 Å². The molecule has 0 saturated heterocycles. The summed E-state index contributed by atoms with van der Waals surface area (Å²) < 4.78 is 0. The van der Waals surface area contributed by atoms with Crippen molar-refractivity contribution < 1.29 is 0 Å². The molecular formula is C23H15+. The second kappa shape index (κ2) is 3.97. The van der Waals surface area contributed by atoms with Crippen molar-refractivity contribution in [2.24, 2.45) is 0 Å². The molecular weight excluding hydrogens is 276 g/mol. The Bertz CT molecular complexity index is 1120. The predicted octanol–water partition coefficient (Wildman–Crippen LogP) is 5.42. The van der Waals surface area contributed by atoms with E-state index in [1.807, 2.05) is 0 Å². The fourth-order valence-corrected chi connectivity index (χ4v) is 4.65. The zero-order valence-electron chi connectivity index (χ0n) is 12.8. The molecule has 0 bridgehead atoms. The third-order valence-corrected chi connectivity index (χ3v) is 5.60. The maximum Gasteiger partial charge on any atom is 0.0884 e. The van der Waals surface area contributed by atoms with Crippen LogP contribution in [0.15, 0.2) is 66.7 Å². The first-order valence-electron chi connectivity index (χ1n) is 8.31. The van der Waals surface area contributed by atoms with Gasteiger partial charge in [0, 0.05) is 40.5 Å². The van der Waals surface area contributed by atoms with Crippen molar-refractivity contribution in [1.82, 2.24) is 0 Å². The standard InChI is InChI=1S/C23H15/c1-3-7-18-14(5-1)11-16-9-10-17-12-15-6-2-4-8-19(15)21-13-20(18)22(16)23(17)21/h1-11H,12-13H2/q+1. The van der Waals surface area contributed by atoms with Gasteiger partial charge in [-0.05, 0) is 47.2 Å². The van der Waals surface area contributed by atoms with Gasteiger partial charge >= 0.3 is 0 Å². The largest absolute Gasteiger partial charge is 0.0884 e. The van der Waals surface area contributed by atoms with Crippen molar-refractivity contribution in [2.75, 3.05) is 0 Å². The Morgan fingerprint density at radius 3 is 2.61 bits per heavy atom. The van der Waals surface area contributed by atoms with E-state index >= 15 is 0 Å². The minimum atomic E-state index is 1.07. The normalized spacial score (nSPS) is 14.5. The van der Waals surface area contributed by atoms with Crippen LogP contribution in [0.25, 0.3) is 21.5 Å². The molecule has 0 N–H and O–H groups in total. The van der Waals surface area contributed by atoms with E-state index in [1.165, 1.54) is 49.4 Å². The van der Waals surface area contributed by atoms with E-state index in [9.17, 15) is 0 Å². The Morgan fingerprint density at radius 1 is 0.739 bits per heavy atom. The lowest BCUT2D eigenvalue weighted by Crippen LogP contribution is -2.12. The molecule has 0 spiro atoms. The highest BCUT2D eigenvalue weighted by atomic mass is 14.4. The maximum absolute atomic E-state index is 2.36. The van der Waals surface area contributed by atoms with E-state index < -0.39 is 0 Å². The quantitative estimate of drug-likeness (QED) is 0.299. The van der Waals surface area contributed by atoms with Gasteiger partial charge in [-0.2, -0.15) is 0 Å². The highest BCUT2D eigenvalue weighted by Crippen LogP contribution is 2.49. The van der Waals surface area contributed by atoms with Gasteiger partial charge in [0.05, 0.1) is 22.9 Å². The lowest BCUT2D eigenvalue weighted by molar-refractivity contribution is 0.992. The van der Waals surface area contributed by atoms with E-state index in [1.54, 1.807) is 5.92 Å². The molecule has 0 aromatic heterocycles. The highest BCUT2D eigenvalue weighted by Gasteiger charge is 2.40. The minimum Gasteiger partial charge on any atom is -0.0616 e. The zero-order valence-corrected chi connectivity index (χ0v) is 12.8. The number of fused-ring (bicyclic) bond motifs is 4. The van der Waals surface area contributed by atoms with Crippen molar-refractivity contribution in [1.29, 1.82) is 0 Å². The number of benzene rings is 4. The second-order valence-electron chi connectivity index (χ2n) is 6.76. The van der Waals surface area contributed by atoms with Crippen molar-refractivity contribution in [3.8, 4) is 0 Å². The van der Waals surface area contributed by atoms with Crippen LogP contribution in [0, 0.1) is 5.92 Å². The molecule has 2 aliphatic rings. The van der Waals surface area contributed by atoms with Crippen molar-refractivity contribution in [2.45, 2.75) is 12.8 Å². The molecule has 0 aliphatic heterocycles. The highest BCUT2D eigenvalue weighted by molar-refractivity contribution is 6.07. The van der Waals surface area contributed by atoms with Crippen LogP contribution in [0.4, 0.5) is 0 Å². The van der Waals surface area contributed by atoms with Crippen molar-refractivity contribution >= 4 is 21.5 Å². The van der Waals surface area contributed by atoms with Gasteiger partial charge in [-0.1, -0.05) is 24.3 Å². The van der Waals surface area contributed by atoms with Crippen LogP contribution in [0.5, 0.6) is 0 Å². The van der Waals surface area contributed by atoms with E-state index in [4.69, 9.17) is 0 Å². The summed E-state index contributed by atoms with van der Waals surface area (Å²) in [6, 6.07) is 24.8. The maximum atomic E-state index is 2.36. The summed E-state index contributed by atoms with van der Waals surface area (Å²) in [7, 11) is 0. The fourth-order valence-electron chi connectivity index (χ4n) is 4.65. The first-order valence-corrected chi connectivity index (χ1v) is 8.31. The first-order chi connectivity index (χ1) is 11.4. The Morgan fingerprint density at radius 2 is 1.61 bits per heavy atom. The van der Waals surface area contributed by atoms with Crippen LogP contribution < -0.4 is 0 Å². The summed E-state index contributed by atoms with van der Waals surface area (Å²) in [4.78, 5) is 0. The second-order valence-corrected chi connectivity index (χ2v) is 6.76. The van der Waals surface area contributed by atoms with Gasteiger partial charge in [0.1, 0.15) is 0 Å². The topological polar surface area (TPSA) is 0 Å². The first kappa shape index (κ1) is 11.8. The molecule has 0 heteroatoms. The lowest BCUT2D eigenvalue weighted by Gasteiger charge is -2.18. The molecule has 4 aromatic carbocycles. The SMILES string of the molecule is c1ccc2c(c1)Cc1ccc3cc4ccccc4c4c3c1[C+]2C4. The van der Waals surface area contributed by atoms with Gasteiger partial charge in [-0.25, -0.2) is 0 Å². The van der Waals surface area contributed by atoms with Gasteiger partial charge in [0.2, 0.25) is 0 Å². The van der Waals surface area contributed by atoms with Crippen LogP contribution in [-0.4, -0.2) is 0 Å². The Hall–Kier alpha value is -2.73. The van der Waals surface area contributed by atoms with E-state index in [2.05, 4.69) is 66.7 Å². The van der Waals surface area contributed by atoms with Crippen LogP contribution in [-0.2, 0) is 12.8 Å². The summed E-state index contributed by atoms with van der Waals surface area (Å²) in [6.07, 6.45) is 2.14. The van der Waals surface area contributed by atoms with Crippen LogP contribution in [0.2, 0.25) is 0 Å². The van der Waals surface area contributed by atoms with E-state index in [0.29, 0.717) is 0 Å².